The lowest BCUT2D eigenvalue weighted by Crippen LogP contribution is -2.36. The lowest BCUT2D eigenvalue weighted by Gasteiger charge is -2.24. The van der Waals surface area contributed by atoms with Crippen LogP contribution in [0.15, 0.2) is 29.4 Å². The highest BCUT2D eigenvalue weighted by molar-refractivity contribution is 5.97. The van der Waals surface area contributed by atoms with Crippen molar-refractivity contribution in [2.24, 2.45) is 10.9 Å². The van der Waals surface area contributed by atoms with Gasteiger partial charge in [0, 0.05) is 18.7 Å². The fourth-order valence-corrected chi connectivity index (χ4v) is 2.65. The predicted molar refractivity (Wildman–Crippen MR) is 77.7 cm³/mol. The molecule has 0 heterocycles. The molecule has 108 valence electrons. The van der Waals surface area contributed by atoms with Crippen molar-refractivity contribution >= 4 is 11.7 Å². The highest BCUT2D eigenvalue weighted by Crippen LogP contribution is 2.22. The number of benzene rings is 1. The van der Waals surface area contributed by atoms with Gasteiger partial charge in [-0.15, -0.1) is 0 Å². The maximum atomic E-state index is 12.2. The normalized spacial score (nSPS) is 16.4. The second-order valence-electron chi connectivity index (χ2n) is 5.30. The van der Waals surface area contributed by atoms with Crippen molar-refractivity contribution in [3.8, 4) is 0 Å². The van der Waals surface area contributed by atoms with Gasteiger partial charge >= 0.3 is 0 Å². The molecule has 1 aromatic carbocycles. The molecule has 0 radical (unpaired) electrons. The van der Waals surface area contributed by atoms with E-state index in [4.69, 9.17) is 10.9 Å². The first-order chi connectivity index (χ1) is 9.61. The Labute approximate surface area is 119 Å². The molecule has 1 aliphatic rings. The van der Waals surface area contributed by atoms with Crippen LogP contribution in [0, 0.1) is 0 Å². The minimum Gasteiger partial charge on any atom is -0.409 e. The molecule has 0 aliphatic heterocycles. The van der Waals surface area contributed by atoms with Gasteiger partial charge in [0.25, 0.3) is 0 Å². The van der Waals surface area contributed by atoms with Crippen LogP contribution in [0.4, 0.5) is 0 Å². The summed E-state index contributed by atoms with van der Waals surface area (Å²) in [6.45, 7) is 0. The molecule has 5 heteroatoms. The van der Waals surface area contributed by atoms with Crippen LogP contribution in [-0.4, -0.2) is 34.9 Å². The number of hydrogen-bond acceptors (Lipinski definition) is 3. The first kappa shape index (κ1) is 14.4. The standard InChI is InChI=1S/C15H21N3O2/c1-18(13-4-2-3-5-13)14(19)10-11-6-8-12(9-7-11)15(16)17-20/h6-9,13,20H,2-5,10H2,1H3,(H2,16,17). The lowest BCUT2D eigenvalue weighted by atomic mass is 10.1. The molecule has 0 unspecified atom stereocenters. The number of rotatable bonds is 4. The third kappa shape index (κ3) is 3.29. The molecule has 0 atom stereocenters. The summed E-state index contributed by atoms with van der Waals surface area (Å²) in [5, 5.41) is 11.5. The second kappa shape index (κ2) is 6.41. The average Bonchev–Trinajstić information content (AvgIpc) is 3.00. The van der Waals surface area contributed by atoms with E-state index in [2.05, 4.69) is 5.16 Å². The first-order valence-corrected chi connectivity index (χ1v) is 6.94. The Morgan fingerprint density at radius 3 is 2.50 bits per heavy atom. The Hall–Kier alpha value is -2.04. The molecule has 1 saturated carbocycles. The van der Waals surface area contributed by atoms with Crippen molar-refractivity contribution in [3.05, 3.63) is 35.4 Å². The van der Waals surface area contributed by atoms with E-state index in [-0.39, 0.29) is 11.7 Å². The van der Waals surface area contributed by atoms with Crippen LogP contribution in [-0.2, 0) is 11.2 Å². The zero-order valence-corrected chi connectivity index (χ0v) is 11.7. The molecule has 1 aliphatic carbocycles. The quantitative estimate of drug-likeness (QED) is 0.380. The smallest absolute Gasteiger partial charge is 0.226 e. The Kier molecular flexibility index (Phi) is 4.61. The maximum Gasteiger partial charge on any atom is 0.226 e. The number of carbonyl (C=O) groups is 1. The molecule has 5 nitrogen and oxygen atoms in total. The summed E-state index contributed by atoms with van der Waals surface area (Å²) in [6, 6.07) is 7.60. The second-order valence-corrected chi connectivity index (χ2v) is 5.30. The van der Waals surface area contributed by atoms with Gasteiger partial charge in [-0.05, 0) is 18.4 Å². The monoisotopic (exact) mass is 275 g/mol. The molecular weight excluding hydrogens is 254 g/mol. The Morgan fingerprint density at radius 1 is 1.35 bits per heavy atom. The maximum absolute atomic E-state index is 12.2. The van der Waals surface area contributed by atoms with Gasteiger partial charge in [0.05, 0.1) is 6.42 Å². The molecule has 20 heavy (non-hydrogen) atoms. The van der Waals surface area contributed by atoms with Gasteiger partial charge in [0.15, 0.2) is 5.84 Å². The van der Waals surface area contributed by atoms with Crippen molar-refractivity contribution in [2.75, 3.05) is 7.05 Å². The molecule has 2 rings (SSSR count). The highest BCUT2D eigenvalue weighted by Gasteiger charge is 2.23. The van der Waals surface area contributed by atoms with E-state index in [0.717, 1.165) is 18.4 Å². The number of oxime groups is 1. The van der Waals surface area contributed by atoms with Crippen LogP contribution in [0.1, 0.15) is 36.8 Å². The lowest BCUT2D eigenvalue weighted by molar-refractivity contribution is -0.131. The number of hydrogen-bond donors (Lipinski definition) is 2. The molecule has 0 saturated heterocycles. The third-order valence-electron chi connectivity index (χ3n) is 3.98. The molecule has 3 N–H and O–H groups in total. The van der Waals surface area contributed by atoms with Crippen molar-refractivity contribution in [2.45, 2.75) is 38.1 Å². The van der Waals surface area contributed by atoms with Crippen LogP contribution in [0.2, 0.25) is 0 Å². The Morgan fingerprint density at radius 2 is 1.95 bits per heavy atom. The van der Waals surface area contributed by atoms with E-state index in [1.165, 1.54) is 12.8 Å². The van der Waals surface area contributed by atoms with Gasteiger partial charge in [-0.1, -0.05) is 42.3 Å². The van der Waals surface area contributed by atoms with E-state index in [9.17, 15) is 4.79 Å². The molecule has 0 bridgehead atoms. The van der Waals surface area contributed by atoms with E-state index in [1.807, 2.05) is 24.1 Å². The topological polar surface area (TPSA) is 78.9 Å². The molecular formula is C15H21N3O2. The zero-order valence-electron chi connectivity index (χ0n) is 11.7. The average molecular weight is 275 g/mol. The summed E-state index contributed by atoms with van der Waals surface area (Å²) in [6.07, 6.45) is 5.06. The molecule has 1 amide bonds. The number of carbonyl (C=O) groups excluding carboxylic acids is 1. The summed E-state index contributed by atoms with van der Waals surface area (Å²) >= 11 is 0. The van der Waals surface area contributed by atoms with Crippen LogP contribution >= 0.6 is 0 Å². The van der Waals surface area contributed by atoms with E-state index < -0.39 is 0 Å². The number of nitrogens with two attached hydrogens (primary N) is 1. The van der Waals surface area contributed by atoms with Crippen LogP contribution in [0.3, 0.4) is 0 Å². The van der Waals surface area contributed by atoms with Crippen molar-refractivity contribution < 1.29 is 10.0 Å². The number of nitrogens with zero attached hydrogens (tertiary/aromatic N) is 2. The highest BCUT2D eigenvalue weighted by atomic mass is 16.4. The van der Waals surface area contributed by atoms with Gasteiger partial charge in [-0.25, -0.2) is 0 Å². The van der Waals surface area contributed by atoms with Crippen LogP contribution < -0.4 is 5.73 Å². The van der Waals surface area contributed by atoms with Gasteiger partial charge in [-0.3, -0.25) is 4.79 Å². The van der Waals surface area contributed by atoms with Gasteiger partial charge in [0.1, 0.15) is 0 Å². The minimum absolute atomic E-state index is 0.0750. The molecule has 1 fully saturated rings. The zero-order chi connectivity index (χ0) is 14.5. The van der Waals surface area contributed by atoms with Gasteiger partial charge in [-0.2, -0.15) is 0 Å². The SMILES string of the molecule is CN(C(=O)Cc1ccc(C(N)=NO)cc1)C1CCCC1. The molecule has 1 aromatic rings. The fraction of sp³-hybridized carbons (Fsp3) is 0.467. The number of amides is 1. The molecule has 0 aromatic heterocycles. The molecule has 0 spiro atoms. The van der Waals surface area contributed by atoms with Crippen LogP contribution in [0.5, 0.6) is 0 Å². The summed E-state index contributed by atoms with van der Waals surface area (Å²) in [5.74, 6) is 0.222. The number of amidine groups is 1. The van der Waals surface area contributed by atoms with E-state index in [0.29, 0.717) is 18.0 Å². The summed E-state index contributed by atoms with van der Waals surface area (Å²) in [5.41, 5.74) is 7.09. The first-order valence-electron chi connectivity index (χ1n) is 6.94. The van der Waals surface area contributed by atoms with E-state index >= 15 is 0 Å². The summed E-state index contributed by atoms with van der Waals surface area (Å²) in [7, 11) is 1.89. The fourth-order valence-electron chi connectivity index (χ4n) is 2.65. The third-order valence-corrected chi connectivity index (χ3v) is 3.98. The summed E-state index contributed by atoms with van der Waals surface area (Å²) < 4.78 is 0. The largest absolute Gasteiger partial charge is 0.409 e. The van der Waals surface area contributed by atoms with Crippen molar-refractivity contribution in [1.29, 1.82) is 0 Å². The summed E-state index contributed by atoms with van der Waals surface area (Å²) in [4.78, 5) is 14.1. The predicted octanol–water partition coefficient (Wildman–Crippen LogP) is 1.72. The van der Waals surface area contributed by atoms with Crippen molar-refractivity contribution in [1.82, 2.24) is 4.90 Å². The number of likely N-dealkylation sites (N-methyl/N-ethyl adjacent to an activating group) is 1. The van der Waals surface area contributed by atoms with Gasteiger partial charge < -0.3 is 15.8 Å². The Balaban J connectivity index is 1.97. The minimum atomic E-state index is 0.0750. The van der Waals surface area contributed by atoms with Crippen LogP contribution in [0.25, 0.3) is 0 Å². The van der Waals surface area contributed by atoms with E-state index in [1.54, 1.807) is 12.1 Å². The van der Waals surface area contributed by atoms with Crippen molar-refractivity contribution in [3.63, 3.8) is 0 Å². The Bertz CT molecular complexity index is 490. The van der Waals surface area contributed by atoms with Gasteiger partial charge in [0.2, 0.25) is 5.91 Å².